The van der Waals surface area contributed by atoms with E-state index in [-0.39, 0.29) is 17.5 Å². The van der Waals surface area contributed by atoms with Gasteiger partial charge in [0.25, 0.3) is 11.8 Å². The van der Waals surface area contributed by atoms with Gasteiger partial charge in [0.1, 0.15) is 17.2 Å². The van der Waals surface area contributed by atoms with E-state index in [9.17, 15) is 14.5 Å². The van der Waals surface area contributed by atoms with Crippen LogP contribution in [0.25, 0.3) is 0 Å². The van der Waals surface area contributed by atoms with Gasteiger partial charge in [0.15, 0.2) is 0 Å². The summed E-state index contributed by atoms with van der Waals surface area (Å²) in [5.41, 5.74) is 3.31. The molecule has 3 aromatic carbocycles. The Kier molecular flexibility index (Phi) is 7.44. The van der Waals surface area contributed by atoms with Crippen LogP contribution in [-0.4, -0.2) is 25.0 Å². The van der Waals surface area contributed by atoms with Crippen LogP contribution in [0.4, 0.5) is 0 Å². The van der Waals surface area contributed by atoms with E-state index in [0.29, 0.717) is 53.7 Å². The van der Waals surface area contributed by atoms with Gasteiger partial charge in [-0.25, -0.2) is 0 Å². The van der Waals surface area contributed by atoms with Gasteiger partial charge in [-0.05, 0) is 79.1 Å². The van der Waals surface area contributed by atoms with Crippen molar-refractivity contribution in [1.82, 2.24) is 5.32 Å². The molecular weight excluding hydrogens is 515 g/mol. The first-order chi connectivity index (χ1) is 17.9. The molecule has 1 aliphatic carbocycles. The number of hydrogen-bond acceptors (Lipinski definition) is 5. The lowest BCUT2D eigenvalue weighted by atomic mass is 9.92. The number of rotatable bonds is 8. The topological polar surface area (TPSA) is 94.1 Å². The lowest BCUT2D eigenvalue weighted by Crippen LogP contribution is -2.25. The number of nitroso groups, excluding NO2 is 1. The SMILES string of the molecule is O=NC(=O)C1CCOc2cc(Oc3ccc(C(=O)NCCc4ccc(C5CC5)cc4Cl)cc3)c(Cl)cc21. The van der Waals surface area contributed by atoms with Gasteiger partial charge in [-0.3, -0.25) is 9.59 Å². The van der Waals surface area contributed by atoms with Crippen molar-refractivity contribution < 1.29 is 19.1 Å². The fourth-order valence-corrected chi connectivity index (χ4v) is 4.93. The first-order valence-corrected chi connectivity index (χ1v) is 12.9. The van der Waals surface area contributed by atoms with E-state index in [1.807, 2.05) is 12.1 Å². The molecule has 1 unspecified atom stereocenters. The molecule has 1 fully saturated rings. The molecule has 2 aliphatic rings. The zero-order valence-electron chi connectivity index (χ0n) is 19.8. The molecule has 7 nitrogen and oxygen atoms in total. The van der Waals surface area contributed by atoms with Crippen molar-refractivity contribution in [3.63, 3.8) is 0 Å². The quantitative estimate of drug-likeness (QED) is 0.318. The minimum Gasteiger partial charge on any atom is -0.493 e. The summed E-state index contributed by atoms with van der Waals surface area (Å²) in [6.07, 6.45) is 3.46. The maximum atomic E-state index is 12.6. The Morgan fingerprint density at radius 2 is 1.78 bits per heavy atom. The molecule has 2 amide bonds. The van der Waals surface area contributed by atoms with E-state index in [0.717, 1.165) is 10.6 Å². The Hall–Kier alpha value is -3.42. The van der Waals surface area contributed by atoms with E-state index < -0.39 is 11.8 Å². The van der Waals surface area contributed by atoms with E-state index in [2.05, 4.69) is 16.6 Å². The average Bonchev–Trinajstić information content (AvgIpc) is 3.75. The number of ether oxygens (including phenoxy) is 2. The highest BCUT2D eigenvalue weighted by Crippen LogP contribution is 2.42. The van der Waals surface area contributed by atoms with Gasteiger partial charge in [-0.15, -0.1) is 4.91 Å². The molecule has 1 N–H and O–H groups in total. The highest BCUT2D eigenvalue weighted by Gasteiger charge is 2.30. The van der Waals surface area contributed by atoms with Crippen LogP contribution in [-0.2, 0) is 11.2 Å². The first kappa shape index (κ1) is 25.2. The Morgan fingerprint density at radius 3 is 2.49 bits per heavy atom. The van der Waals surface area contributed by atoms with Gasteiger partial charge in [0.05, 0.1) is 17.5 Å². The summed E-state index contributed by atoms with van der Waals surface area (Å²) in [5.74, 6) is 0.247. The second-order valence-electron chi connectivity index (χ2n) is 9.20. The lowest BCUT2D eigenvalue weighted by Gasteiger charge is -2.24. The van der Waals surface area contributed by atoms with Gasteiger partial charge in [0, 0.05) is 33.9 Å². The number of fused-ring (bicyclic) bond motifs is 1. The van der Waals surface area contributed by atoms with E-state index in [1.54, 1.807) is 36.4 Å². The van der Waals surface area contributed by atoms with Crippen LogP contribution in [0.1, 0.15) is 58.1 Å². The Morgan fingerprint density at radius 1 is 1.00 bits per heavy atom. The molecule has 9 heteroatoms. The molecule has 190 valence electrons. The van der Waals surface area contributed by atoms with Crippen molar-refractivity contribution >= 4 is 35.0 Å². The molecule has 1 atom stereocenters. The molecule has 1 heterocycles. The van der Waals surface area contributed by atoms with E-state index in [1.165, 1.54) is 18.4 Å². The second-order valence-corrected chi connectivity index (χ2v) is 10.0. The molecule has 1 aliphatic heterocycles. The molecule has 0 aromatic heterocycles. The minimum absolute atomic E-state index is 0.197. The summed E-state index contributed by atoms with van der Waals surface area (Å²) in [4.78, 5) is 35.2. The van der Waals surface area contributed by atoms with Crippen LogP contribution < -0.4 is 14.8 Å². The molecular formula is C28H24Cl2N2O5. The third-order valence-corrected chi connectivity index (χ3v) is 7.29. The summed E-state index contributed by atoms with van der Waals surface area (Å²) in [6, 6.07) is 16.0. The molecule has 37 heavy (non-hydrogen) atoms. The Balaban J connectivity index is 1.18. The predicted molar refractivity (Wildman–Crippen MR) is 141 cm³/mol. The average molecular weight is 539 g/mol. The van der Waals surface area contributed by atoms with Crippen LogP contribution in [0, 0.1) is 4.91 Å². The number of carbonyl (C=O) groups excluding carboxylic acids is 2. The van der Waals surface area contributed by atoms with E-state index >= 15 is 0 Å². The van der Waals surface area contributed by atoms with Crippen molar-refractivity contribution in [3.8, 4) is 17.2 Å². The van der Waals surface area contributed by atoms with Crippen LogP contribution in [0.2, 0.25) is 10.0 Å². The summed E-state index contributed by atoms with van der Waals surface area (Å²) >= 11 is 12.8. The summed E-state index contributed by atoms with van der Waals surface area (Å²) in [5, 5.41) is 6.47. The minimum atomic E-state index is -0.752. The highest BCUT2D eigenvalue weighted by atomic mass is 35.5. The van der Waals surface area contributed by atoms with Gasteiger partial charge in [-0.2, -0.15) is 0 Å². The molecule has 5 rings (SSSR count). The number of benzene rings is 3. The maximum Gasteiger partial charge on any atom is 0.294 e. The zero-order valence-corrected chi connectivity index (χ0v) is 21.3. The fraction of sp³-hybridized carbons (Fsp3) is 0.286. The second kappa shape index (κ2) is 10.9. The molecule has 0 spiro atoms. The summed E-state index contributed by atoms with van der Waals surface area (Å²) < 4.78 is 11.5. The van der Waals surface area contributed by atoms with Crippen molar-refractivity contribution in [2.75, 3.05) is 13.2 Å². The van der Waals surface area contributed by atoms with Crippen molar-refractivity contribution in [2.45, 2.75) is 37.5 Å². The number of nitrogens with zero attached hydrogens (tertiary/aromatic N) is 1. The van der Waals surface area contributed by atoms with Gasteiger partial charge < -0.3 is 14.8 Å². The van der Waals surface area contributed by atoms with Crippen molar-refractivity contribution in [2.24, 2.45) is 5.18 Å². The monoisotopic (exact) mass is 538 g/mol. The van der Waals surface area contributed by atoms with Crippen LogP contribution >= 0.6 is 23.2 Å². The largest absolute Gasteiger partial charge is 0.493 e. The van der Waals surface area contributed by atoms with Crippen LogP contribution in [0.3, 0.4) is 0 Å². The maximum absolute atomic E-state index is 12.6. The standard InChI is InChI=1S/C28H24Cl2N2O5/c29-23-13-19(16-1-2-16)4-3-17(23)9-11-31-27(33)18-5-7-20(8-6-18)37-26-15-25-22(14-24(26)30)21(10-12-36-25)28(34)32-35/h3-8,13-16,21H,1-2,9-12H2,(H,31,33). The molecule has 3 aromatic rings. The highest BCUT2D eigenvalue weighted by molar-refractivity contribution is 6.32. The molecule has 0 bridgehead atoms. The van der Waals surface area contributed by atoms with Crippen molar-refractivity contribution in [3.05, 3.63) is 91.8 Å². The first-order valence-electron chi connectivity index (χ1n) is 12.1. The fourth-order valence-electron chi connectivity index (χ4n) is 4.44. The third-order valence-electron chi connectivity index (χ3n) is 6.64. The van der Waals surface area contributed by atoms with Crippen LogP contribution in [0.15, 0.2) is 59.8 Å². The summed E-state index contributed by atoms with van der Waals surface area (Å²) in [6.45, 7) is 0.745. The van der Waals surface area contributed by atoms with Crippen molar-refractivity contribution in [1.29, 1.82) is 0 Å². The zero-order chi connectivity index (χ0) is 25.9. The molecule has 0 saturated heterocycles. The number of carbonyl (C=O) groups is 2. The van der Waals surface area contributed by atoms with Gasteiger partial charge in [-0.1, -0.05) is 35.3 Å². The number of hydrogen-bond donors (Lipinski definition) is 1. The Bertz CT molecular complexity index is 1360. The number of halogens is 2. The number of amides is 2. The lowest BCUT2D eigenvalue weighted by molar-refractivity contribution is -0.119. The van der Waals surface area contributed by atoms with Gasteiger partial charge >= 0.3 is 0 Å². The predicted octanol–water partition coefficient (Wildman–Crippen LogP) is 6.79. The van der Waals surface area contributed by atoms with Crippen LogP contribution in [0.5, 0.6) is 17.2 Å². The number of nitrogens with one attached hydrogen (secondary N) is 1. The molecule has 1 saturated carbocycles. The smallest absolute Gasteiger partial charge is 0.294 e. The summed E-state index contributed by atoms with van der Waals surface area (Å²) in [7, 11) is 0. The van der Waals surface area contributed by atoms with E-state index in [4.69, 9.17) is 32.7 Å². The normalized spacial score (nSPS) is 16.3. The Labute approximate surface area is 224 Å². The molecule has 0 radical (unpaired) electrons. The van der Waals surface area contributed by atoms with Gasteiger partial charge in [0.2, 0.25) is 0 Å². The third kappa shape index (κ3) is 5.78.